The number of rotatable bonds is 10. The van der Waals surface area contributed by atoms with Crippen LogP contribution < -0.4 is 5.73 Å². The zero-order valence-corrected chi connectivity index (χ0v) is 24.8. The number of ether oxygens (including phenoxy) is 1. The molecule has 0 spiro atoms. The normalized spacial score (nSPS) is 33.3. The van der Waals surface area contributed by atoms with Gasteiger partial charge in [-0.05, 0) is 99.7 Å². The Morgan fingerprint density at radius 3 is 2.49 bits per heavy atom. The minimum Gasteiger partial charge on any atom is -0.465 e. The van der Waals surface area contributed by atoms with Crippen LogP contribution in [0.3, 0.4) is 0 Å². The molecule has 0 aromatic heterocycles. The van der Waals surface area contributed by atoms with Crippen LogP contribution in [0, 0.1) is 22.7 Å². The highest BCUT2D eigenvalue weighted by Gasteiger charge is 2.58. The number of ketones is 1. The maximum absolute atomic E-state index is 13.0. The molecule has 4 N–H and O–H groups in total. The Labute approximate surface area is 235 Å². The summed E-state index contributed by atoms with van der Waals surface area (Å²) in [5, 5.41) is 20.4. The quantitative estimate of drug-likeness (QED) is 0.107. The predicted octanol–water partition coefficient (Wildman–Crippen LogP) is 5.73. The van der Waals surface area contributed by atoms with Gasteiger partial charge in [-0.25, -0.2) is 0 Å². The summed E-state index contributed by atoms with van der Waals surface area (Å²) in [7, 11) is 0. The van der Waals surface area contributed by atoms with E-state index in [1.54, 1.807) is 19.9 Å². The van der Waals surface area contributed by atoms with E-state index in [1.807, 2.05) is 12.2 Å². The van der Waals surface area contributed by atoms with E-state index in [9.17, 15) is 19.8 Å². The Morgan fingerprint density at radius 1 is 1.18 bits per heavy atom. The van der Waals surface area contributed by atoms with Crippen LogP contribution in [0.1, 0.15) is 98.8 Å². The smallest absolute Gasteiger partial charge is 0.319 e. The molecular formula is C33H51NO5. The second-order valence-corrected chi connectivity index (χ2v) is 13.0. The van der Waals surface area contributed by atoms with Crippen LogP contribution in [0.2, 0.25) is 0 Å². The number of nitrogens with two attached hydrogens (primary N) is 1. The molecular weight excluding hydrogens is 490 g/mol. The molecule has 6 nitrogen and oxygen atoms in total. The first-order valence-electron chi connectivity index (χ1n) is 14.9. The van der Waals surface area contributed by atoms with E-state index in [-0.39, 0.29) is 17.1 Å². The lowest BCUT2D eigenvalue weighted by Crippen LogP contribution is -2.56. The zero-order valence-electron chi connectivity index (χ0n) is 24.8. The molecule has 0 saturated heterocycles. The first-order chi connectivity index (χ1) is 18.3. The molecule has 0 aliphatic heterocycles. The van der Waals surface area contributed by atoms with Crippen molar-refractivity contribution in [1.29, 1.82) is 0 Å². The second-order valence-electron chi connectivity index (χ2n) is 13.0. The summed E-state index contributed by atoms with van der Waals surface area (Å²) >= 11 is 0. The lowest BCUT2D eigenvalue weighted by Gasteiger charge is -2.50. The summed E-state index contributed by atoms with van der Waals surface area (Å²) in [6, 6.07) is 0. The Kier molecular flexibility index (Phi) is 10.2. The largest absolute Gasteiger partial charge is 0.465 e. The van der Waals surface area contributed by atoms with Crippen LogP contribution in [0.4, 0.5) is 0 Å². The first kappa shape index (κ1) is 31.5. The minimum absolute atomic E-state index is 0.115. The summed E-state index contributed by atoms with van der Waals surface area (Å²) in [4.78, 5) is 25.6. The molecule has 0 radical (unpaired) electrons. The molecule has 0 heterocycles. The van der Waals surface area contributed by atoms with Crippen molar-refractivity contribution in [1.82, 2.24) is 0 Å². The summed E-state index contributed by atoms with van der Waals surface area (Å²) in [6.07, 6.45) is 15.0. The van der Waals surface area contributed by atoms with Gasteiger partial charge in [-0.2, -0.15) is 0 Å². The van der Waals surface area contributed by atoms with E-state index in [4.69, 9.17) is 10.5 Å². The molecule has 6 atom stereocenters. The molecule has 3 aliphatic rings. The lowest BCUT2D eigenvalue weighted by molar-refractivity contribution is -0.157. The fourth-order valence-electron chi connectivity index (χ4n) is 7.00. The number of fused-ring (bicyclic) bond motifs is 1. The molecule has 0 amide bonds. The Balaban J connectivity index is 1.71. The fraction of sp³-hybridized carbons (Fsp3) is 0.697. The predicted molar refractivity (Wildman–Crippen MR) is 156 cm³/mol. The molecule has 3 saturated carbocycles. The van der Waals surface area contributed by atoms with Gasteiger partial charge in [0.15, 0.2) is 5.78 Å². The molecule has 0 unspecified atom stereocenters. The highest BCUT2D eigenvalue weighted by Crippen LogP contribution is 2.60. The summed E-state index contributed by atoms with van der Waals surface area (Å²) in [5.74, 6) is -0.248. The third kappa shape index (κ3) is 6.49. The number of carbonyl (C=O) groups excluding carboxylic acids is 2. The third-order valence-electron chi connectivity index (χ3n) is 9.98. The molecule has 6 heteroatoms. The van der Waals surface area contributed by atoms with Gasteiger partial charge in [0.05, 0.1) is 18.8 Å². The third-order valence-corrected chi connectivity index (χ3v) is 9.98. The van der Waals surface area contributed by atoms with Crippen molar-refractivity contribution in [2.45, 2.75) is 117 Å². The van der Waals surface area contributed by atoms with Gasteiger partial charge in [0, 0.05) is 5.54 Å². The van der Waals surface area contributed by atoms with Gasteiger partial charge in [0.2, 0.25) is 0 Å². The Morgan fingerprint density at radius 2 is 1.85 bits per heavy atom. The summed E-state index contributed by atoms with van der Waals surface area (Å²) in [5.41, 5.74) is 8.22. The number of aliphatic hydroxyl groups excluding tert-OH is 2. The van der Waals surface area contributed by atoms with Crippen LogP contribution in [-0.2, 0) is 14.3 Å². The van der Waals surface area contributed by atoms with Crippen LogP contribution >= 0.6 is 0 Å². The average molecular weight is 542 g/mol. The van der Waals surface area contributed by atoms with Crippen LogP contribution in [0.25, 0.3) is 0 Å². The van der Waals surface area contributed by atoms with Crippen LogP contribution in [0.5, 0.6) is 0 Å². The van der Waals surface area contributed by atoms with Gasteiger partial charge in [0.25, 0.3) is 0 Å². The van der Waals surface area contributed by atoms with Crippen LogP contribution in [-0.4, -0.2) is 46.3 Å². The molecule has 39 heavy (non-hydrogen) atoms. The van der Waals surface area contributed by atoms with E-state index in [1.165, 1.54) is 5.57 Å². The SMILES string of the molecule is C=C1[C@H](O)CC(=C/C=C2\CCC[C@]3(C)[C@@H]([C@H](C)/C=C/C(=O)C(C)(C)C(=O)OCCCCC)CC[C@@]23N)C[C@H]1O. The second kappa shape index (κ2) is 12.7. The molecule has 218 valence electrons. The maximum atomic E-state index is 13.0. The highest BCUT2D eigenvalue weighted by molar-refractivity contribution is 6.08. The molecule has 0 aromatic carbocycles. The van der Waals surface area contributed by atoms with Gasteiger partial charge in [0.1, 0.15) is 5.41 Å². The number of hydrogen-bond acceptors (Lipinski definition) is 6. The van der Waals surface area contributed by atoms with Crippen molar-refractivity contribution in [2.75, 3.05) is 6.61 Å². The summed E-state index contributed by atoms with van der Waals surface area (Å²) in [6.45, 7) is 14.0. The lowest BCUT2D eigenvalue weighted by atomic mass is 9.57. The van der Waals surface area contributed by atoms with Crippen molar-refractivity contribution in [2.24, 2.45) is 28.4 Å². The van der Waals surface area contributed by atoms with E-state index >= 15 is 0 Å². The van der Waals surface area contributed by atoms with Gasteiger partial charge < -0.3 is 20.7 Å². The number of allylic oxidation sites excluding steroid dienone is 4. The van der Waals surface area contributed by atoms with Crippen LogP contribution in [0.15, 0.2) is 47.6 Å². The first-order valence-corrected chi connectivity index (χ1v) is 14.9. The number of unbranched alkanes of at least 4 members (excludes halogenated alkanes) is 2. The summed E-state index contributed by atoms with van der Waals surface area (Å²) < 4.78 is 5.38. The molecule has 0 aromatic rings. The van der Waals surface area contributed by atoms with Gasteiger partial charge >= 0.3 is 5.97 Å². The number of carbonyl (C=O) groups is 2. The fourth-order valence-corrected chi connectivity index (χ4v) is 7.00. The Bertz CT molecular complexity index is 1010. The standard InChI is InChI=1S/C33H51NO5/c1-7-8-9-19-39-30(38)31(4,5)29(37)15-12-22(2)26-16-18-33(34)25(11-10-17-32(26,33)6)14-13-24-20-27(35)23(3)28(36)21-24/h12-15,22,26-28,35-36H,3,7-11,16-21,34H2,1-2,4-6H3/b15-12+,25-14+/t22-,26-,27-,28-,32-,33-/m1/s1. The molecule has 3 fully saturated rings. The van der Waals surface area contributed by atoms with Gasteiger partial charge in [-0.1, -0.05) is 64.0 Å². The van der Waals surface area contributed by atoms with E-state index in [0.29, 0.717) is 30.9 Å². The number of aliphatic hydroxyl groups is 2. The minimum atomic E-state index is -1.21. The van der Waals surface area contributed by atoms with E-state index in [0.717, 1.165) is 56.9 Å². The van der Waals surface area contributed by atoms with Gasteiger partial charge in [-0.3, -0.25) is 9.59 Å². The zero-order chi connectivity index (χ0) is 29.0. The monoisotopic (exact) mass is 541 g/mol. The average Bonchev–Trinajstić information content (AvgIpc) is 3.17. The van der Waals surface area contributed by atoms with Crippen molar-refractivity contribution >= 4 is 11.8 Å². The number of hydrogen-bond donors (Lipinski definition) is 3. The van der Waals surface area contributed by atoms with Crippen molar-refractivity contribution in [3.05, 3.63) is 47.6 Å². The van der Waals surface area contributed by atoms with E-state index < -0.39 is 29.1 Å². The molecule has 3 rings (SSSR count). The Hall–Kier alpha value is -2.02. The van der Waals surface area contributed by atoms with Crippen molar-refractivity contribution in [3.63, 3.8) is 0 Å². The van der Waals surface area contributed by atoms with Crippen molar-refractivity contribution in [3.8, 4) is 0 Å². The topological polar surface area (TPSA) is 110 Å². The highest BCUT2D eigenvalue weighted by atomic mass is 16.5. The van der Waals surface area contributed by atoms with Gasteiger partial charge in [-0.15, -0.1) is 0 Å². The molecule has 3 aliphatic carbocycles. The number of esters is 1. The van der Waals surface area contributed by atoms with E-state index in [2.05, 4.69) is 33.4 Å². The molecule has 0 bridgehead atoms. The maximum Gasteiger partial charge on any atom is 0.319 e. The van der Waals surface area contributed by atoms with Crippen molar-refractivity contribution < 1.29 is 24.5 Å².